The summed E-state index contributed by atoms with van der Waals surface area (Å²) in [5.74, 6) is -6.55. The highest BCUT2D eigenvalue weighted by molar-refractivity contribution is 5.90. The Labute approximate surface area is 538 Å². The van der Waals surface area contributed by atoms with Gasteiger partial charge in [-0.3, -0.25) is 9.78 Å². The highest BCUT2D eigenvalue weighted by Gasteiger charge is 2.56. The van der Waals surface area contributed by atoms with Crippen LogP contribution in [0.2, 0.25) is 0 Å². The van der Waals surface area contributed by atoms with Crippen LogP contribution in [0.1, 0.15) is 167 Å². The first kappa shape index (κ1) is 71.1. The number of aliphatic hydroxyl groups excluding tert-OH is 1. The number of likely N-dealkylation sites (N-methyl/N-ethyl adjacent to an activating group) is 1. The molecule has 1 saturated carbocycles. The molecule has 2 unspecified atom stereocenters. The number of aliphatic hydroxyl groups is 2. The average molecular weight is 1260 g/mol. The van der Waals surface area contributed by atoms with Gasteiger partial charge >= 0.3 is 17.9 Å². The van der Waals surface area contributed by atoms with Gasteiger partial charge in [0.1, 0.15) is 17.3 Å². The summed E-state index contributed by atoms with van der Waals surface area (Å²) in [4.78, 5) is 56.9. The molecule has 4 aliphatic rings. The largest absolute Gasteiger partial charge is 0.459 e. The second-order valence-electron chi connectivity index (χ2n) is 26.9. The molecule has 0 spiro atoms. The van der Waals surface area contributed by atoms with E-state index in [1.807, 2.05) is 122 Å². The summed E-state index contributed by atoms with van der Waals surface area (Å²) in [6.45, 7) is 22.0. The van der Waals surface area contributed by atoms with Crippen LogP contribution in [0, 0.1) is 23.7 Å². The van der Waals surface area contributed by atoms with Crippen molar-refractivity contribution in [2.45, 2.75) is 237 Å². The van der Waals surface area contributed by atoms with E-state index in [0.29, 0.717) is 36.1 Å². The molecular formula is C72H101N3O16. The Morgan fingerprint density at radius 1 is 0.802 bits per heavy atom. The van der Waals surface area contributed by atoms with Crippen molar-refractivity contribution in [1.82, 2.24) is 9.88 Å². The lowest BCUT2D eigenvalue weighted by Crippen LogP contribution is -2.62. The van der Waals surface area contributed by atoms with Gasteiger partial charge < -0.3 is 67.3 Å². The molecule has 1 aliphatic carbocycles. The van der Waals surface area contributed by atoms with Crippen molar-refractivity contribution in [1.29, 1.82) is 0 Å². The van der Waals surface area contributed by atoms with E-state index in [1.54, 1.807) is 82.4 Å². The molecule has 1 aromatic heterocycles. The summed E-state index contributed by atoms with van der Waals surface area (Å²) in [5, 5.41) is 31.5. The number of hydrogen-bond acceptors (Lipinski definition) is 19. The number of esters is 3. The molecular weight excluding hydrogens is 1160 g/mol. The minimum atomic E-state index is -2.04. The van der Waals surface area contributed by atoms with E-state index in [2.05, 4.69) is 0 Å². The zero-order valence-corrected chi connectivity index (χ0v) is 56.2. The number of aromatic nitrogens is 1. The molecule has 19 heteroatoms. The summed E-state index contributed by atoms with van der Waals surface area (Å²) >= 11 is 0. The Morgan fingerprint density at radius 3 is 2.07 bits per heavy atom. The normalized spacial score (nSPS) is 35.0. The van der Waals surface area contributed by atoms with E-state index in [-0.39, 0.29) is 32.0 Å². The summed E-state index contributed by atoms with van der Waals surface area (Å²) in [5.41, 5.74) is -1.92. The fourth-order valence-electron chi connectivity index (χ4n) is 14.0. The number of methoxy groups -OCH3 is 1. The van der Waals surface area contributed by atoms with Gasteiger partial charge in [-0.1, -0.05) is 106 Å². The molecule has 4 heterocycles. The molecule has 2 N–H and O–H groups in total. The maximum Gasteiger partial charge on any atom is 0.338 e. The Bertz CT molecular complexity index is 3070. The highest BCUT2D eigenvalue weighted by atomic mass is 16.8. The Hall–Kier alpha value is -5.71. The third kappa shape index (κ3) is 17.2. The minimum absolute atomic E-state index is 0.0122. The van der Waals surface area contributed by atoms with Crippen LogP contribution in [0.4, 0.5) is 0 Å². The number of rotatable bonds is 19. The highest BCUT2D eigenvalue weighted by Crippen LogP contribution is 2.44. The van der Waals surface area contributed by atoms with Crippen molar-refractivity contribution in [3.8, 4) is 0 Å². The number of nitrogens with zero attached hydrogens (tertiary/aromatic N) is 3. The molecule has 19 nitrogen and oxygen atoms in total. The number of para-hydroxylation sites is 1. The minimum Gasteiger partial charge on any atom is -0.459 e. The third-order valence-electron chi connectivity index (χ3n) is 19.1. The maximum atomic E-state index is 15.4. The number of hydrogen-bond donors (Lipinski definition) is 2. The van der Waals surface area contributed by atoms with Crippen LogP contribution < -0.4 is 0 Å². The number of fused-ring (bicyclic) bond motifs is 1. The number of ether oxygens (including phenoxy) is 10. The number of carbonyl (C=O) groups excluding carboxylic acids is 3. The first-order chi connectivity index (χ1) is 43.2. The average Bonchev–Trinajstić information content (AvgIpc) is 0.791. The van der Waals surface area contributed by atoms with Crippen molar-refractivity contribution in [3.63, 3.8) is 0 Å². The molecule has 4 fully saturated rings. The zero-order chi connectivity index (χ0) is 66.0. The fourth-order valence-corrected chi connectivity index (χ4v) is 14.0. The van der Waals surface area contributed by atoms with Crippen molar-refractivity contribution < 1.29 is 76.8 Å². The second kappa shape index (κ2) is 31.0. The molecule has 3 aromatic carbocycles. The topological polar surface area (TPSA) is 222 Å². The first-order valence-corrected chi connectivity index (χ1v) is 32.8. The van der Waals surface area contributed by atoms with Crippen molar-refractivity contribution >= 4 is 40.6 Å². The summed E-state index contributed by atoms with van der Waals surface area (Å²) in [6.07, 6.45) is -0.587. The molecule has 0 radical (unpaired) electrons. The molecule has 8 rings (SSSR count). The number of carbonyl (C=O) groups is 3. The molecule has 91 heavy (non-hydrogen) atoms. The van der Waals surface area contributed by atoms with Crippen LogP contribution in [0.3, 0.4) is 0 Å². The van der Waals surface area contributed by atoms with Crippen molar-refractivity contribution in [2.75, 3.05) is 27.8 Å². The molecule has 3 aliphatic heterocycles. The summed E-state index contributed by atoms with van der Waals surface area (Å²) < 4.78 is 68.1. The SMILES string of the molecule is CC[C@H]1OC(=O)[C@H](C)[C@@H](OC2C[C@@](C)(OC)[C@@H](OC(=O)c3ccccc3)[C@H](C)O2)[C@H](C)[C@@H](OC2O[C@H](C)C[C@H](N(C)C)[C@H]2OC(=O)c2ccccc2)[C@@](C)(OC/C=C/c2cnc3ccccc3c2)C[C@H](C)C(=NOC2(OC(C)C)CCCCC2)[C@H](C)[C@@H](O)[C@]1(C)O. The lowest BCUT2D eigenvalue weighted by atomic mass is 9.73. The summed E-state index contributed by atoms with van der Waals surface area (Å²) in [6, 6.07) is 26.9. The monoisotopic (exact) mass is 1260 g/mol. The van der Waals surface area contributed by atoms with Crippen LogP contribution in [-0.4, -0.2) is 168 Å². The maximum absolute atomic E-state index is 15.4. The van der Waals surface area contributed by atoms with Gasteiger partial charge in [0.25, 0.3) is 0 Å². The van der Waals surface area contributed by atoms with E-state index in [0.717, 1.165) is 35.7 Å². The predicted molar refractivity (Wildman–Crippen MR) is 346 cm³/mol. The second-order valence-corrected chi connectivity index (χ2v) is 26.9. The quantitative estimate of drug-likeness (QED) is 0.0385. The van der Waals surface area contributed by atoms with Gasteiger partial charge in [0.05, 0.1) is 83.1 Å². The van der Waals surface area contributed by atoms with E-state index in [1.165, 1.54) is 14.0 Å². The molecule has 0 amide bonds. The molecule has 0 bridgehead atoms. The molecule has 500 valence electrons. The smallest absolute Gasteiger partial charge is 0.338 e. The Balaban J connectivity index is 1.30. The van der Waals surface area contributed by atoms with E-state index in [9.17, 15) is 19.8 Å². The standard InChI is InChI=1S/C72H101N3O16/c1-16-57-71(12,80)62(76)47(6)59(74-91-72(90-44(2)3)36-26-19-27-37-72)45(4)41-70(11,82-38-28-29-51-40-54-34-24-25-35-55(54)73-43-51)63(89-68-61(56(75(13)14)39-46(5)83-68)87-66(78)52-30-20-17-21-31-52)48(7)60(49(8)65(77)85-57)86-58-42-69(10,81-15)64(50(9)84-58)88-67(79)53-32-22-18-23-33-53/h17-18,20-25,28-35,40,43-50,56-58,60-64,68,76,80H,16,19,26-27,36-39,41-42H2,1-15H3/b29-28+,74-59?/t45-,46+,47-,48-,49+,50-,56-,57+,58?,60-,61+,62+,63+,64-,68?,69+,70-,71+/m0/s1. The van der Waals surface area contributed by atoms with Gasteiger partial charge in [0.2, 0.25) is 5.79 Å². The number of oxime groups is 1. The first-order valence-electron chi connectivity index (χ1n) is 32.8. The van der Waals surface area contributed by atoms with Gasteiger partial charge in [-0.15, -0.1) is 0 Å². The zero-order valence-electron chi connectivity index (χ0n) is 56.2. The van der Waals surface area contributed by atoms with Crippen LogP contribution in [0.5, 0.6) is 0 Å². The van der Waals surface area contributed by atoms with Crippen molar-refractivity contribution in [3.05, 3.63) is 120 Å². The van der Waals surface area contributed by atoms with Gasteiger partial charge in [0, 0.05) is 55.7 Å². The van der Waals surface area contributed by atoms with Crippen LogP contribution in [0.25, 0.3) is 17.0 Å². The predicted octanol–water partition coefficient (Wildman–Crippen LogP) is 11.7. The Kier molecular flexibility index (Phi) is 24.3. The number of pyridine rings is 1. The van der Waals surface area contributed by atoms with Gasteiger partial charge in [-0.2, -0.15) is 0 Å². The lowest BCUT2D eigenvalue weighted by molar-refractivity contribution is -0.319. The van der Waals surface area contributed by atoms with Gasteiger partial charge in [-0.25, -0.2) is 9.59 Å². The van der Waals surface area contributed by atoms with Crippen molar-refractivity contribution in [2.24, 2.45) is 28.8 Å². The third-order valence-corrected chi connectivity index (χ3v) is 19.1. The molecule has 3 saturated heterocycles. The van der Waals surface area contributed by atoms with E-state index < -0.39 is 132 Å². The van der Waals surface area contributed by atoms with Crippen LogP contribution in [0.15, 0.2) is 108 Å². The number of cyclic esters (lactones) is 1. The lowest BCUT2D eigenvalue weighted by Gasteiger charge is -2.50. The van der Waals surface area contributed by atoms with Gasteiger partial charge in [-0.05, 0) is 144 Å². The fraction of sp³-hybridized carbons (Fsp3) is 0.625. The summed E-state index contributed by atoms with van der Waals surface area (Å²) in [7, 11) is 5.38. The van der Waals surface area contributed by atoms with Crippen LogP contribution >= 0.6 is 0 Å². The van der Waals surface area contributed by atoms with E-state index in [4.69, 9.17) is 62.3 Å². The van der Waals surface area contributed by atoms with Gasteiger partial charge in [0.15, 0.2) is 24.8 Å². The van der Waals surface area contributed by atoms with Crippen LogP contribution in [-0.2, 0) is 57.0 Å². The van der Waals surface area contributed by atoms with E-state index >= 15 is 4.79 Å². The molecule has 4 aromatic rings. The molecule has 18 atom stereocenters. The number of benzene rings is 3. The Morgan fingerprint density at radius 2 is 1.44 bits per heavy atom.